The molecule has 4 rings (SSSR count). The lowest BCUT2D eigenvalue weighted by Crippen LogP contribution is -2.48. The molecule has 0 spiro atoms. The topological polar surface area (TPSA) is 73.0 Å². The van der Waals surface area contributed by atoms with E-state index in [2.05, 4.69) is 15.1 Å². The molecule has 0 aliphatic carbocycles. The third kappa shape index (κ3) is 4.08. The number of nitrogens with one attached hydrogen (secondary N) is 1. The van der Waals surface area contributed by atoms with Gasteiger partial charge in [-0.25, -0.2) is 9.69 Å². The summed E-state index contributed by atoms with van der Waals surface area (Å²) in [5.74, 6) is 0.140. The Bertz CT molecular complexity index is 783. The number of likely N-dealkylation sites (tertiary alicyclic amines) is 2. The normalized spacial score (nSPS) is 26.6. The SMILES string of the molecule is C[C@@]1(c2ccccc2)NC(=O)N(CN2CCC(C(=O)N3CCCCCC3)CC2)C1=O. The minimum absolute atomic E-state index is 0.0667. The van der Waals surface area contributed by atoms with Gasteiger partial charge in [0, 0.05) is 32.1 Å². The number of carbonyl (C=O) groups excluding carboxylic acids is 3. The van der Waals surface area contributed by atoms with E-state index in [4.69, 9.17) is 0 Å². The fraction of sp³-hybridized carbons (Fsp3) is 0.609. The highest BCUT2D eigenvalue weighted by atomic mass is 16.2. The second-order valence-electron chi connectivity index (χ2n) is 8.93. The van der Waals surface area contributed by atoms with Gasteiger partial charge in [0.1, 0.15) is 5.54 Å². The average molecular weight is 413 g/mol. The zero-order valence-corrected chi connectivity index (χ0v) is 17.8. The molecule has 1 aromatic carbocycles. The zero-order valence-electron chi connectivity index (χ0n) is 17.8. The van der Waals surface area contributed by atoms with E-state index in [9.17, 15) is 14.4 Å². The lowest BCUT2D eigenvalue weighted by molar-refractivity contribution is -0.138. The van der Waals surface area contributed by atoms with Crippen LogP contribution in [-0.2, 0) is 15.1 Å². The number of nitrogens with zero attached hydrogens (tertiary/aromatic N) is 3. The molecule has 7 heteroatoms. The largest absolute Gasteiger partial charge is 0.342 e. The molecule has 162 valence electrons. The molecule has 1 aromatic rings. The third-order valence-corrected chi connectivity index (χ3v) is 6.82. The van der Waals surface area contributed by atoms with Crippen LogP contribution in [0.25, 0.3) is 0 Å². The highest BCUT2D eigenvalue weighted by molar-refractivity contribution is 6.07. The summed E-state index contributed by atoms with van der Waals surface area (Å²) in [6.07, 6.45) is 6.23. The van der Waals surface area contributed by atoms with Crippen LogP contribution in [0.4, 0.5) is 4.79 Å². The standard InChI is InChI=1S/C23H32N4O3/c1-23(19-9-5-4-6-10-19)21(29)27(22(30)24-23)17-25-15-11-18(12-16-25)20(28)26-13-7-2-3-8-14-26/h4-6,9-10,18H,2-3,7-8,11-17H2,1H3,(H,24,30)/t23-/m0/s1. The van der Waals surface area contributed by atoms with Gasteiger partial charge in [-0.2, -0.15) is 0 Å². The van der Waals surface area contributed by atoms with Crippen LogP contribution in [0.1, 0.15) is 51.0 Å². The number of hydrogen-bond acceptors (Lipinski definition) is 4. The Hall–Kier alpha value is -2.41. The van der Waals surface area contributed by atoms with Crippen molar-refractivity contribution in [3.63, 3.8) is 0 Å². The average Bonchev–Trinajstić information content (AvgIpc) is 2.96. The minimum Gasteiger partial charge on any atom is -0.342 e. The van der Waals surface area contributed by atoms with Crippen molar-refractivity contribution in [2.24, 2.45) is 5.92 Å². The number of urea groups is 1. The summed E-state index contributed by atoms with van der Waals surface area (Å²) in [7, 11) is 0. The van der Waals surface area contributed by atoms with E-state index < -0.39 is 5.54 Å². The first-order chi connectivity index (χ1) is 14.5. The summed E-state index contributed by atoms with van der Waals surface area (Å²) in [4.78, 5) is 44.0. The van der Waals surface area contributed by atoms with Gasteiger partial charge in [0.15, 0.2) is 0 Å². The Morgan fingerprint density at radius 2 is 1.63 bits per heavy atom. The molecular formula is C23H32N4O3. The van der Waals surface area contributed by atoms with Crippen molar-refractivity contribution < 1.29 is 14.4 Å². The van der Waals surface area contributed by atoms with Crippen molar-refractivity contribution in [3.05, 3.63) is 35.9 Å². The molecule has 0 radical (unpaired) electrons. The second kappa shape index (κ2) is 8.76. The molecule has 1 atom stereocenters. The van der Waals surface area contributed by atoms with Crippen molar-refractivity contribution >= 4 is 17.8 Å². The maximum absolute atomic E-state index is 13.1. The van der Waals surface area contributed by atoms with Gasteiger partial charge >= 0.3 is 6.03 Å². The molecule has 4 amide bonds. The fourth-order valence-corrected chi connectivity index (χ4v) is 4.86. The summed E-state index contributed by atoms with van der Waals surface area (Å²) < 4.78 is 0. The van der Waals surface area contributed by atoms with E-state index in [1.165, 1.54) is 17.7 Å². The molecule has 3 aliphatic rings. The molecule has 0 aromatic heterocycles. The molecule has 1 N–H and O–H groups in total. The van der Waals surface area contributed by atoms with Crippen LogP contribution in [0.5, 0.6) is 0 Å². The van der Waals surface area contributed by atoms with E-state index >= 15 is 0 Å². The van der Waals surface area contributed by atoms with Gasteiger partial charge in [-0.3, -0.25) is 14.5 Å². The molecule has 30 heavy (non-hydrogen) atoms. The van der Waals surface area contributed by atoms with Crippen LogP contribution in [0.2, 0.25) is 0 Å². The summed E-state index contributed by atoms with van der Waals surface area (Å²) in [6, 6.07) is 9.00. The molecule has 0 unspecified atom stereocenters. The maximum Gasteiger partial charge on any atom is 0.326 e. The number of amides is 4. The fourth-order valence-electron chi connectivity index (χ4n) is 4.86. The first-order valence-electron chi connectivity index (χ1n) is 11.2. The van der Waals surface area contributed by atoms with Gasteiger partial charge in [0.05, 0.1) is 6.67 Å². The molecule has 0 bridgehead atoms. The third-order valence-electron chi connectivity index (χ3n) is 6.82. The molecule has 3 aliphatic heterocycles. The van der Waals surface area contributed by atoms with E-state index in [0.29, 0.717) is 5.91 Å². The number of benzene rings is 1. The zero-order chi connectivity index (χ0) is 21.1. The number of rotatable bonds is 4. The lowest BCUT2D eigenvalue weighted by Gasteiger charge is -2.35. The van der Waals surface area contributed by atoms with Gasteiger partial charge in [0.2, 0.25) is 5.91 Å². The van der Waals surface area contributed by atoms with Crippen molar-refractivity contribution in [1.82, 2.24) is 20.0 Å². The van der Waals surface area contributed by atoms with Gasteiger partial charge in [-0.05, 0) is 38.2 Å². The Morgan fingerprint density at radius 1 is 1.00 bits per heavy atom. The summed E-state index contributed by atoms with van der Waals surface area (Å²) in [5.41, 5.74) is -0.244. The molecule has 7 nitrogen and oxygen atoms in total. The van der Waals surface area contributed by atoms with Gasteiger partial charge in [0.25, 0.3) is 5.91 Å². The van der Waals surface area contributed by atoms with E-state index in [1.54, 1.807) is 6.92 Å². The highest BCUT2D eigenvalue weighted by Gasteiger charge is 2.49. The van der Waals surface area contributed by atoms with Gasteiger partial charge < -0.3 is 10.2 Å². The first-order valence-corrected chi connectivity index (χ1v) is 11.2. The summed E-state index contributed by atoms with van der Waals surface area (Å²) in [6.45, 7) is 5.26. The monoisotopic (exact) mass is 412 g/mol. The lowest BCUT2D eigenvalue weighted by atomic mass is 9.92. The van der Waals surface area contributed by atoms with Crippen molar-refractivity contribution in [3.8, 4) is 0 Å². The Morgan fingerprint density at radius 3 is 2.27 bits per heavy atom. The Balaban J connectivity index is 1.33. The van der Waals surface area contributed by atoms with E-state index in [1.807, 2.05) is 30.3 Å². The van der Waals surface area contributed by atoms with E-state index in [-0.39, 0.29) is 24.5 Å². The minimum atomic E-state index is -1.03. The molecular weight excluding hydrogens is 380 g/mol. The van der Waals surface area contributed by atoms with Crippen molar-refractivity contribution in [2.75, 3.05) is 32.8 Å². The van der Waals surface area contributed by atoms with Crippen LogP contribution in [0.15, 0.2) is 30.3 Å². The molecule has 0 saturated carbocycles. The van der Waals surface area contributed by atoms with Crippen LogP contribution >= 0.6 is 0 Å². The Labute approximate surface area is 178 Å². The van der Waals surface area contributed by atoms with E-state index in [0.717, 1.165) is 57.4 Å². The van der Waals surface area contributed by atoms with Crippen molar-refractivity contribution in [1.29, 1.82) is 0 Å². The Kier molecular flexibility index (Phi) is 6.09. The van der Waals surface area contributed by atoms with Gasteiger partial charge in [-0.1, -0.05) is 43.2 Å². The second-order valence-corrected chi connectivity index (χ2v) is 8.93. The molecule has 3 heterocycles. The number of hydrogen-bond donors (Lipinski definition) is 1. The summed E-state index contributed by atoms with van der Waals surface area (Å²) in [5, 5.41) is 2.86. The molecule has 3 fully saturated rings. The maximum atomic E-state index is 13.1. The predicted octanol–water partition coefficient (Wildman–Crippen LogP) is 2.53. The number of imide groups is 1. The van der Waals surface area contributed by atoms with Crippen LogP contribution in [0, 0.1) is 5.92 Å². The van der Waals surface area contributed by atoms with Crippen molar-refractivity contribution in [2.45, 2.75) is 51.0 Å². The van der Waals surface area contributed by atoms with Crippen LogP contribution in [0.3, 0.4) is 0 Å². The predicted molar refractivity (Wildman–Crippen MR) is 113 cm³/mol. The van der Waals surface area contributed by atoms with Crippen LogP contribution < -0.4 is 5.32 Å². The quantitative estimate of drug-likeness (QED) is 0.772. The number of carbonyl (C=O) groups is 3. The number of piperidine rings is 1. The van der Waals surface area contributed by atoms with Crippen LogP contribution in [-0.4, -0.2) is 65.4 Å². The van der Waals surface area contributed by atoms with Gasteiger partial charge in [-0.15, -0.1) is 0 Å². The first kappa shape index (κ1) is 20.8. The molecule has 3 saturated heterocycles. The highest BCUT2D eigenvalue weighted by Crippen LogP contribution is 2.29. The smallest absolute Gasteiger partial charge is 0.326 e. The summed E-state index contributed by atoms with van der Waals surface area (Å²) >= 11 is 0.